The molecular weight excluding hydrogens is 148 g/mol. The Hall–Kier alpha value is -0.180. The fourth-order valence-corrected chi connectivity index (χ4v) is 1.68. The van der Waals surface area contributed by atoms with Crippen LogP contribution < -0.4 is 0 Å². The van der Waals surface area contributed by atoms with Crippen LogP contribution in [0.2, 0.25) is 0 Å². The summed E-state index contributed by atoms with van der Waals surface area (Å²) in [4.78, 5) is 1.77. The molecule has 1 aliphatic rings. The topological polar surface area (TPSA) is 3.24 Å². The standard InChI is InChI=1S/C8H15F2N/c1-3-8(9,10)7-5-4-6-11(7)2/h7H,3-6H2,1-2H3. The van der Waals surface area contributed by atoms with E-state index in [1.807, 2.05) is 0 Å². The molecule has 1 saturated heterocycles. The van der Waals surface area contributed by atoms with Gasteiger partial charge in [0.15, 0.2) is 0 Å². The Labute approximate surface area is 66.4 Å². The lowest BCUT2D eigenvalue weighted by atomic mass is 10.1. The molecule has 66 valence electrons. The van der Waals surface area contributed by atoms with Crippen molar-refractivity contribution in [2.75, 3.05) is 13.6 Å². The number of hydrogen-bond donors (Lipinski definition) is 0. The Morgan fingerprint density at radius 1 is 1.55 bits per heavy atom. The van der Waals surface area contributed by atoms with Gasteiger partial charge in [0.1, 0.15) is 0 Å². The largest absolute Gasteiger partial charge is 0.298 e. The van der Waals surface area contributed by atoms with E-state index >= 15 is 0 Å². The molecule has 1 aliphatic heterocycles. The van der Waals surface area contributed by atoms with Gasteiger partial charge in [0, 0.05) is 6.42 Å². The van der Waals surface area contributed by atoms with Gasteiger partial charge in [-0.2, -0.15) is 0 Å². The van der Waals surface area contributed by atoms with Crippen molar-refractivity contribution in [3.05, 3.63) is 0 Å². The van der Waals surface area contributed by atoms with Gasteiger partial charge in [-0.1, -0.05) is 6.92 Å². The molecule has 1 fully saturated rings. The summed E-state index contributed by atoms with van der Waals surface area (Å²) >= 11 is 0. The SMILES string of the molecule is CCC(F)(F)C1CCCN1C. The van der Waals surface area contributed by atoms with Crippen LogP contribution in [0.1, 0.15) is 26.2 Å². The number of likely N-dealkylation sites (tertiary alicyclic amines) is 1. The Balaban J connectivity index is 2.58. The van der Waals surface area contributed by atoms with Gasteiger partial charge in [0.25, 0.3) is 5.92 Å². The van der Waals surface area contributed by atoms with Gasteiger partial charge in [-0.25, -0.2) is 8.78 Å². The Morgan fingerprint density at radius 2 is 2.18 bits per heavy atom. The van der Waals surface area contributed by atoms with Gasteiger partial charge in [0.2, 0.25) is 0 Å². The Bertz CT molecular complexity index is 136. The zero-order valence-corrected chi connectivity index (χ0v) is 7.11. The van der Waals surface area contributed by atoms with Crippen molar-refractivity contribution in [3.63, 3.8) is 0 Å². The minimum absolute atomic E-state index is 0.0397. The normalized spacial score (nSPS) is 27.8. The molecule has 0 aromatic heterocycles. The molecular formula is C8H15F2N. The predicted molar refractivity (Wildman–Crippen MR) is 40.9 cm³/mol. The molecule has 0 saturated carbocycles. The Kier molecular flexibility index (Phi) is 2.47. The van der Waals surface area contributed by atoms with E-state index in [1.165, 1.54) is 0 Å². The highest BCUT2D eigenvalue weighted by Gasteiger charge is 2.42. The second-order valence-corrected chi connectivity index (χ2v) is 3.25. The maximum atomic E-state index is 13.1. The smallest absolute Gasteiger partial charge is 0.263 e. The summed E-state index contributed by atoms with van der Waals surface area (Å²) in [7, 11) is 1.78. The van der Waals surface area contributed by atoms with Gasteiger partial charge < -0.3 is 0 Å². The third-order valence-electron chi connectivity index (χ3n) is 2.48. The molecule has 1 heterocycles. The van der Waals surface area contributed by atoms with Crippen molar-refractivity contribution in [2.45, 2.75) is 38.2 Å². The molecule has 11 heavy (non-hydrogen) atoms. The maximum Gasteiger partial charge on any atom is 0.263 e. The van der Waals surface area contributed by atoms with Crippen LogP contribution in [0, 0.1) is 0 Å². The monoisotopic (exact) mass is 163 g/mol. The van der Waals surface area contributed by atoms with Crippen molar-refractivity contribution < 1.29 is 8.78 Å². The average molecular weight is 163 g/mol. The molecule has 0 spiro atoms. The molecule has 0 aromatic rings. The highest BCUT2D eigenvalue weighted by Crippen LogP contribution is 2.32. The highest BCUT2D eigenvalue weighted by atomic mass is 19.3. The number of alkyl halides is 2. The highest BCUT2D eigenvalue weighted by molar-refractivity contribution is 4.87. The first-order valence-corrected chi connectivity index (χ1v) is 4.16. The van der Waals surface area contributed by atoms with Crippen molar-refractivity contribution in [2.24, 2.45) is 0 Å². The first-order valence-electron chi connectivity index (χ1n) is 4.16. The molecule has 0 aromatic carbocycles. The summed E-state index contributed by atoms with van der Waals surface area (Å²) in [5.41, 5.74) is 0. The number of nitrogens with zero attached hydrogens (tertiary/aromatic N) is 1. The van der Waals surface area contributed by atoms with Crippen LogP contribution in [0.3, 0.4) is 0 Å². The lowest BCUT2D eigenvalue weighted by molar-refractivity contribution is -0.0656. The minimum Gasteiger partial charge on any atom is -0.298 e. The number of rotatable bonds is 2. The second-order valence-electron chi connectivity index (χ2n) is 3.25. The first-order chi connectivity index (χ1) is 5.08. The molecule has 0 radical (unpaired) electrons. The summed E-state index contributed by atoms with van der Waals surface area (Å²) in [6.07, 6.45) is 1.52. The summed E-state index contributed by atoms with van der Waals surface area (Å²) in [6.45, 7) is 2.37. The lowest BCUT2D eigenvalue weighted by Gasteiger charge is -2.27. The average Bonchev–Trinajstić information content (AvgIpc) is 2.36. The molecule has 3 heteroatoms. The van der Waals surface area contributed by atoms with Gasteiger partial charge >= 0.3 is 0 Å². The van der Waals surface area contributed by atoms with Gasteiger partial charge in [-0.3, -0.25) is 4.90 Å². The van der Waals surface area contributed by atoms with Crippen LogP contribution in [0.5, 0.6) is 0 Å². The van der Waals surface area contributed by atoms with Crippen LogP contribution in [-0.2, 0) is 0 Å². The number of hydrogen-bond acceptors (Lipinski definition) is 1. The van der Waals surface area contributed by atoms with E-state index in [0.29, 0.717) is 6.42 Å². The van der Waals surface area contributed by atoms with Crippen LogP contribution in [0.4, 0.5) is 8.78 Å². The van der Waals surface area contributed by atoms with Crippen LogP contribution in [0.25, 0.3) is 0 Å². The summed E-state index contributed by atoms with van der Waals surface area (Å²) < 4.78 is 26.1. The zero-order valence-electron chi connectivity index (χ0n) is 7.11. The first kappa shape index (κ1) is 8.91. The third kappa shape index (κ3) is 1.70. The quantitative estimate of drug-likeness (QED) is 0.602. The Morgan fingerprint density at radius 3 is 2.55 bits per heavy atom. The van der Waals surface area contributed by atoms with Crippen LogP contribution in [-0.4, -0.2) is 30.5 Å². The fraction of sp³-hybridized carbons (Fsp3) is 1.00. The van der Waals surface area contributed by atoms with Gasteiger partial charge in [0.05, 0.1) is 6.04 Å². The molecule has 1 unspecified atom stereocenters. The van der Waals surface area contributed by atoms with Crippen molar-refractivity contribution >= 4 is 0 Å². The van der Waals surface area contributed by atoms with Crippen LogP contribution >= 0.6 is 0 Å². The molecule has 1 rings (SSSR count). The molecule has 0 N–H and O–H groups in total. The van der Waals surface area contributed by atoms with E-state index < -0.39 is 12.0 Å². The fourth-order valence-electron chi connectivity index (χ4n) is 1.68. The summed E-state index contributed by atoms with van der Waals surface area (Å²) in [5, 5.41) is 0. The molecule has 0 aliphatic carbocycles. The summed E-state index contributed by atoms with van der Waals surface area (Å²) in [5.74, 6) is -2.48. The molecule has 0 bridgehead atoms. The summed E-state index contributed by atoms with van der Waals surface area (Å²) in [6, 6.07) is -0.507. The van der Waals surface area contributed by atoms with Crippen LogP contribution in [0.15, 0.2) is 0 Å². The third-order valence-corrected chi connectivity index (χ3v) is 2.48. The van der Waals surface area contributed by atoms with E-state index in [2.05, 4.69) is 0 Å². The van der Waals surface area contributed by atoms with E-state index in [1.54, 1.807) is 18.9 Å². The molecule has 0 amide bonds. The molecule has 1 nitrogen and oxygen atoms in total. The minimum atomic E-state index is -2.48. The van der Waals surface area contributed by atoms with Gasteiger partial charge in [-0.05, 0) is 26.4 Å². The van der Waals surface area contributed by atoms with E-state index in [4.69, 9.17) is 0 Å². The van der Waals surface area contributed by atoms with Crippen molar-refractivity contribution in [3.8, 4) is 0 Å². The number of halogens is 2. The second kappa shape index (κ2) is 3.05. The van der Waals surface area contributed by atoms with Crippen molar-refractivity contribution in [1.82, 2.24) is 4.90 Å². The lowest BCUT2D eigenvalue weighted by Crippen LogP contribution is -2.41. The van der Waals surface area contributed by atoms with E-state index in [-0.39, 0.29) is 6.42 Å². The van der Waals surface area contributed by atoms with E-state index in [9.17, 15) is 8.78 Å². The molecule has 1 atom stereocenters. The predicted octanol–water partition coefficient (Wildman–Crippen LogP) is 2.13. The van der Waals surface area contributed by atoms with E-state index in [0.717, 1.165) is 13.0 Å². The van der Waals surface area contributed by atoms with Gasteiger partial charge in [-0.15, -0.1) is 0 Å². The zero-order chi connectivity index (χ0) is 8.48. The van der Waals surface area contributed by atoms with Crippen molar-refractivity contribution in [1.29, 1.82) is 0 Å². The maximum absolute atomic E-state index is 13.1.